The lowest BCUT2D eigenvalue weighted by Gasteiger charge is -2.33. The van der Waals surface area contributed by atoms with Crippen LogP contribution in [0, 0.1) is 5.92 Å². The van der Waals surface area contributed by atoms with Crippen molar-refractivity contribution >= 4 is 17.7 Å². The Morgan fingerprint density at radius 3 is 2.37 bits per heavy atom. The topological polar surface area (TPSA) is 81.8 Å². The molecule has 10 heteroatoms. The number of hydrogen-bond donors (Lipinski definition) is 2. The van der Waals surface area contributed by atoms with Crippen molar-refractivity contribution in [3.05, 3.63) is 70.8 Å². The smallest absolute Gasteiger partial charge is 0.350 e. The first-order valence-corrected chi connectivity index (χ1v) is 14.5. The normalized spacial score (nSPS) is 18.3. The van der Waals surface area contributed by atoms with E-state index in [9.17, 15) is 27.6 Å². The molecule has 2 fully saturated rings. The fourth-order valence-corrected chi connectivity index (χ4v) is 5.61. The van der Waals surface area contributed by atoms with Crippen LogP contribution in [0.15, 0.2) is 48.5 Å². The molecule has 2 saturated heterocycles. The number of halogens is 3. The molecule has 2 aliphatic rings. The summed E-state index contributed by atoms with van der Waals surface area (Å²) in [5.41, 5.74) is 0.958. The van der Waals surface area contributed by atoms with Gasteiger partial charge in [0.2, 0.25) is 5.91 Å². The largest absolute Gasteiger partial charge is 0.416 e. The van der Waals surface area contributed by atoms with Crippen molar-refractivity contribution in [3.8, 4) is 0 Å². The second kappa shape index (κ2) is 14.0. The van der Waals surface area contributed by atoms with E-state index < -0.39 is 17.6 Å². The molecule has 0 bridgehead atoms. The number of benzene rings is 2. The molecule has 0 saturated carbocycles. The summed E-state index contributed by atoms with van der Waals surface area (Å²) in [4.78, 5) is 41.7. The number of likely N-dealkylation sites (tertiary alicyclic amines) is 2. The average molecular weight is 573 g/mol. The highest BCUT2D eigenvalue weighted by Gasteiger charge is 2.31. The maximum atomic E-state index is 12.9. The molecule has 7 nitrogen and oxygen atoms in total. The van der Waals surface area contributed by atoms with Crippen molar-refractivity contribution in [2.75, 3.05) is 39.3 Å². The first-order chi connectivity index (χ1) is 19.6. The predicted molar refractivity (Wildman–Crippen MR) is 150 cm³/mol. The molecule has 3 amide bonds. The van der Waals surface area contributed by atoms with Crippen molar-refractivity contribution in [1.29, 1.82) is 0 Å². The Hall–Kier alpha value is -3.40. The number of alkyl halides is 3. The molecule has 2 aliphatic heterocycles. The molecule has 0 radical (unpaired) electrons. The minimum atomic E-state index is -4.54. The number of nitrogens with zero attached hydrogens (tertiary/aromatic N) is 2. The monoisotopic (exact) mass is 572 g/mol. The fraction of sp³-hybridized carbons (Fsp3) is 0.516. The molecule has 2 aromatic rings. The third kappa shape index (κ3) is 8.79. The highest BCUT2D eigenvalue weighted by atomic mass is 19.4. The van der Waals surface area contributed by atoms with Crippen molar-refractivity contribution in [1.82, 2.24) is 20.4 Å². The van der Waals surface area contributed by atoms with E-state index in [1.165, 1.54) is 17.7 Å². The van der Waals surface area contributed by atoms with Crippen molar-refractivity contribution in [2.45, 2.75) is 57.7 Å². The maximum Gasteiger partial charge on any atom is 0.416 e. The van der Waals surface area contributed by atoms with E-state index in [1.54, 1.807) is 0 Å². The molecule has 0 spiro atoms. The Kier molecular flexibility index (Phi) is 10.4. The van der Waals surface area contributed by atoms with Gasteiger partial charge in [-0.2, -0.15) is 13.2 Å². The van der Waals surface area contributed by atoms with Crippen LogP contribution >= 0.6 is 0 Å². The Morgan fingerprint density at radius 1 is 0.951 bits per heavy atom. The summed E-state index contributed by atoms with van der Waals surface area (Å²) in [6.45, 7) is 5.90. The number of hydrogen-bond acceptors (Lipinski definition) is 4. The lowest BCUT2D eigenvalue weighted by atomic mass is 9.93. The van der Waals surface area contributed by atoms with E-state index in [4.69, 9.17) is 0 Å². The van der Waals surface area contributed by atoms with Crippen LogP contribution in [0.1, 0.15) is 70.9 Å². The summed E-state index contributed by atoms with van der Waals surface area (Å²) in [6.07, 6.45) is 1.38. The molecule has 2 aromatic carbocycles. The molecule has 2 N–H and O–H groups in total. The third-order valence-electron chi connectivity index (χ3n) is 7.99. The first kappa shape index (κ1) is 30.6. The lowest BCUT2D eigenvalue weighted by molar-refractivity contribution is -0.137. The first-order valence-electron chi connectivity index (χ1n) is 14.5. The number of amides is 3. The zero-order valence-electron chi connectivity index (χ0n) is 23.5. The lowest BCUT2D eigenvalue weighted by Crippen LogP contribution is -2.43. The molecular weight excluding hydrogens is 533 g/mol. The molecular formula is C31H39F3N4O3. The van der Waals surface area contributed by atoms with E-state index in [1.807, 2.05) is 29.2 Å². The van der Waals surface area contributed by atoms with Gasteiger partial charge in [0.25, 0.3) is 11.8 Å². The van der Waals surface area contributed by atoms with Crippen LogP contribution in [0.25, 0.3) is 0 Å². The molecule has 2 heterocycles. The Balaban J connectivity index is 1.12. The summed E-state index contributed by atoms with van der Waals surface area (Å²) in [5, 5.41) is 5.31. The van der Waals surface area contributed by atoms with Crippen molar-refractivity contribution in [2.24, 2.45) is 5.92 Å². The van der Waals surface area contributed by atoms with Gasteiger partial charge in [-0.1, -0.05) is 31.5 Å². The number of rotatable bonds is 10. The van der Waals surface area contributed by atoms with Crippen LogP contribution in [-0.2, 0) is 17.4 Å². The third-order valence-corrected chi connectivity index (χ3v) is 7.99. The number of nitrogens with one attached hydrogen (secondary N) is 2. The quantitative estimate of drug-likeness (QED) is 0.439. The van der Waals surface area contributed by atoms with Crippen LogP contribution in [0.2, 0.25) is 0 Å². The summed E-state index contributed by atoms with van der Waals surface area (Å²) >= 11 is 0. The number of piperidine rings is 1. The van der Waals surface area contributed by atoms with Crippen LogP contribution < -0.4 is 10.6 Å². The van der Waals surface area contributed by atoms with E-state index in [2.05, 4.69) is 22.5 Å². The fourth-order valence-electron chi connectivity index (χ4n) is 5.61. The molecule has 222 valence electrons. The van der Waals surface area contributed by atoms with Gasteiger partial charge in [-0.05, 0) is 80.5 Å². The van der Waals surface area contributed by atoms with Gasteiger partial charge in [0.05, 0.1) is 12.1 Å². The summed E-state index contributed by atoms with van der Waals surface area (Å²) < 4.78 is 38.6. The standard InChI is InChI=1S/C31H39F3N4O3/c1-2-4-22-7-9-24(10-8-22)30(41)38-17-12-23(13-18-38)11-15-37-16-14-27(21-37)36-28(39)20-35-29(40)25-5-3-6-26(19-25)31(32,33)34/h3,5-10,19,23,27H,2,4,11-18,20-21H2,1H3,(H,35,40)(H,36,39)/t27-/m1/s1. The van der Waals surface area contributed by atoms with Crippen molar-refractivity contribution < 1.29 is 27.6 Å². The highest BCUT2D eigenvalue weighted by Crippen LogP contribution is 2.29. The van der Waals surface area contributed by atoms with E-state index in [0.29, 0.717) is 5.92 Å². The molecule has 0 aliphatic carbocycles. The Bertz CT molecular complexity index is 1190. The number of aryl methyl sites for hydroxylation is 1. The zero-order valence-corrected chi connectivity index (χ0v) is 23.5. The van der Waals surface area contributed by atoms with Gasteiger partial charge in [-0.25, -0.2) is 0 Å². The average Bonchev–Trinajstić information content (AvgIpc) is 3.42. The van der Waals surface area contributed by atoms with Crippen molar-refractivity contribution in [3.63, 3.8) is 0 Å². The van der Waals surface area contributed by atoms with Gasteiger partial charge in [0, 0.05) is 43.3 Å². The second-order valence-electron chi connectivity index (χ2n) is 11.1. The molecule has 0 aromatic heterocycles. The maximum absolute atomic E-state index is 12.9. The molecule has 4 rings (SSSR count). The second-order valence-corrected chi connectivity index (χ2v) is 11.1. The van der Waals surface area contributed by atoms with E-state index in [0.717, 1.165) is 88.9 Å². The van der Waals surface area contributed by atoms with E-state index >= 15 is 0 Å². The van der Waals surface area contributed by atoms with Crippen LogP contribution in [-0.4, -0.2) is 72.8 Å². The molecule has 0 unspecified atom stereocenters. The van der Waals surface area contributed by atoms with Crippen LogP contribution in [0.4, 0.5) is 13.2 Å². The highest BCUT2D eigenvalue weighted by molar-refractivity contribution is 5.96. The predicted octanol–water partition coefficient (Wildman–Crippen LogP) is 4.52. The van der Waals surface area contributed by atoms with Gasteiger partial charge in [-0.15, -0.1) is 0 Å². The summed E-state index contributed by atoms with van der Waals surface area (Å²) in [6, 6.07) is 12.1. The summed E-state index contributed by atoms with van der Waals surface area (Å²) in [7, 11) is 0. The van der Waals surface area contributed by atoms with Gasteiger partial charge < -0.3 is 20.4 Å². The minimum absolute atomic E-state index is 0.0313. The van der Waals surface area contributed by atoms with Gasteiger partial charge in [0.15, 0.2) is 0 Å². The number of carbonyl (C=O) groups excluding carboxylic acids is 3. The van der Waals surface area contributed by atoms with Crippen LogP contribution in [0.3, 0.4) is 0 Å². The molecule has 41 heavy (non-hydrogen) atoms. The van der Waals surface area contributed by atoms with E-state index in [-0.39, 0.29) is 30.0 Å². The Morgan fingerprint density at radius 2 is 1.68 bits per heavy atom. The zero-order chi connectivity index (χ0) is 29.4. The van der Waals surface area contributed by atoms with Crippen LogP contribution in [0.5, 0.6) is 0 Å². The number of carbonyl (C=O) groups is 3. The summed E-state index contributed by atoms with van der Waals surface area (Å²) in [5.74, 6) is -0.424. The van der Waals surface area contributed by atoms with Gasteiger partial charge >= 0.3 is 6.18 Å². The Labute approximate surface area is 239 Å². The van der Waals surface area contributed by atoms with Gasteiger partial charge in [-0.3, -0.25) is 14.4 Å². The van der Waals surface area contributed by atoms with Gasteiger partial charge in [0.1, 0.15) is 0 Å². The molecule has 1 atom stereocenters. The minimum Gasteiger partial charge on any atom is -0.350 e. The SMILES string of the molecule is CCCc1ccc(C(=O)N2CCC(CCN3CC[C@@H](NC(=O)CNC(=O)c4cccc(C(F)(F)F)c4)C3)CC2)cc1.